The highest BCUT2D eigenvalue weighted by atomic mass is 16.4. The van der Waals surface area contributed by atoms with Crippen LogP contribution >= 0.6 is 0 Å². The number of hydrogen-bond donors (Lipinski definition) is 3. The molecule has 3 unspecified atom stereocenters. The number of rotatable bonds is 18. The predicted octanol–water partition coefficient (Wildman–Crippen LogP) is 4.37. The lowest BCUT2D eigenvalue weighted by molar-refractivity contribution is -0.874. The monoisotopic (exact) mass is 400 g/mol. The van der Waals surface area contributed by atoms with Gasteiger partial charge in [0.1, 0.15) is 12.6 Å². The molecule has 0 rings (SSSR count). The Balaban J connectivity index is 3.86. The van der Waals surface area contributed by atoms with Crippen LogP contribution in [0, 0.1) is 5.92 Å². The van der Waals surface area contributed by atoms with Gasteiger partial charge in [0.15, 0.2) is 0 Å². The Bertz CT molecular complexity index is 417. The Morgan fingerprint density at radius 1 is 0.857 bits per heavy atom. The van der Waals surface area contributed by atoms with Gasteiger partial charge in [0.25, 0.3) is 0 Å². The smallest absolute Gasteiger partial charge is 0.309 e. The minimum absolute atomic E-state index is 0.318. The highest BCUT2D eigenvalue weighted by Gasteiger charge is 2.30. The first kappa shape index (κ1) is 27.1. The fourth-order valence-corrected chi connectivity index (χ4v) is 3.43. The van der Waals surface area contributed by atoms with Crippen molar-refractivity contribution in [2.75, 3.05) is 27.7 Å². The lowest BCUT2D eigenvalue weighted by Crippen LogP contribution is -2.45. The molecule has 166 valence electrons. The zero-order valence-corrected chi connectivity index (χ0v) is 18.8. The third-order valence-electron chi connectivity index (χ3n) is 5.13. The molecule has 0 radical (unpaired) electrons. The summed E-state index contributed by atoms with van der Waals surface area (Å²) in [6, 6.07) is 0. The second-order valence-corrected chi connectivity index (χ2v) is 9.17. The number of carboxylic acids is 1. The van der Waals surface area contributed by atoms with E-state index in [2.05, 4.69) is 19.1 Å². The molecule has 0 aliphatic heterocycles. The molecule has 0 spiro atoms. The molecule has 0 aliphatic rings. The Morgan fingerprint density at radius 2 is 1.43 bits per heavy atom. The molecule has 28 heavy (non-hydrogen) atoms. The molecule has 0 aromatic rings. The third kappa shape index (κ3) is 16.1. The van der Waals surface area contributed by atoms with E-state index in [4.69, 9.17) is 0 Å². The van der Waals surface area contributed by atoms with Crippen molar-refractivity contribution in [2.45, 2.75) is 96.2 Å². The highest BCUT2D eigenvalue weighted by molar-refractivity contribution is 5.70. The Morgan fingerprint density at radius 3 is 1.93 bits per heavy atom. The van der Waals surface area contributed by atoms with Gasteiger partial charge < -0.3 is 19.8 Å². The van der Waals surface area contributed by atoms with E-state index in [0.29, 0.717) is 30.3 Å². The molecule has 5 heteroatoms. The summed E-state index contributed by atoms with van der Waals surface area (Å²) < 4.78 is 0.515. The zero-order chi connectivity index (χ0) is 21.4. The highest BCUT2D eigenvalue weighted by Crippen LogP contribution is 2.18. The van der Waals surface area contributed by atoms with Crippen molar-refractivity contribution in [2.24, 2.45) is 5.92 Å². The zero-order valence-electron chi connectivity index (χ0n) is 18.8. The summed E-state index contributed by atoms with van der Waals surface area (Å²) in [4.78, 5) is 11.4. The van der Waals surface area contributed by atoms with E-state index in [-0.39, 0.29) is 0 Å². The number of aliphatic hydroxyl groups is 2. The molecule has 0 aliphatic carbocycles. The normalized spacial score (nSPS) is 15.6. The number of aliphatic carboxylic acids is 1. The molecule has 0 fully saturated rings. The largest absolute Gasteiger partial charge is 0.481 e. The number of unbranched alkanes of at least 4 members (excludes halogenated alkanes) is 7. The number of likely N-dealkylation sites (N-methyl/N-ethyl adjacent to an activating group) is 1. The molecule has 0 aromatic heterocycles. The van der Waals surface area contributed by atoms with Crippen LogP contribution in [0.3, 0.4) is 0 Å². The molecule has 0 heterocycles. The molecule has 5 nitrogen and oxygen atoms in total. The average molecular weight is 401 g/mol. The van der Waals surface area contributed by atoms with E-state index in [9.17, 15) is 20.1 Å². The fourth-order valence-electron chi connectivity index (χ4n) is 3.43. The predicted molar refractivity (Wildman–Crippen MR) is 116 cm³/mol. The maximum absolute atomic E-state index is 11.4. The summed E-state index contributed by atoms with van der Waals surface area (Å²) in [6.45, 7) is 2.62. The molecular weight excluding hydrogens is 354 g/mol. The van der Waals surface area contributed by atoms with E-state index < -0.39 is 24.1 Å². The molecule has 0 aromatic carbocycles. The van der Waals surface area contributed by atoms with Crippen molar-refractivity contribution in [1.29, 1.82) is 0 Å². The first-order valence-electron chi connectivity index (χ1n) is 11.2. The third-order valence-corrected chi connectivity index (χ3v) is 5.13. The number of nitrogens with zero attached hydrogens (tertiary/aromatic N) is 1. The van der Waals surface area contributed by atoms with Crippen molar-refractivity contribution in [3.8, 4) is 0 Å². The Kier molecular flexibility index (Phi) is 15.4. The van der Waals surface area contributed by atoms with Crippen molar-refractivity contribution in [3.05, 3.63) is 12.2 Å². The lowest BCUT2D eigenvalue weighted by atomic mass is 9.93. The van der Waals surface area contributed by atoms with Gasteiger partial charge in [-0.25, -0.2) is 0 Å². The van der Waals surface area contributed by atoms with Crippen LogP contribution in [0.1, 0.15) is 84.0 Å². The van der Waals surface area contributed by atoms with Gasteiger partial charge in [0, 0.05) is 0 Å². The van der Waals surface area contributed by atoms with Crippen LogP contribution in [0.2, 0.25) is 0 Å². The number of carbonyl (C=O) groups is 1. The topological polar surface area (TPSA) is 77.8 Å². The minimum atomic E-state index is -0.977. The first-order valence-corrected chi connectivity index (χ1v) is 11.2. The second-order valence-electron chi connectivity index (χ2n) is 9.17. The number of allylic oxidation sites excluding steroid dienone is 2. The summed E-state index contributed by atoms with van der Waals surface area (Å²) in [5.41, 5.74) is 0. The van der Waals surface area contributed by atoms with Crippen LogP contribution < -0.4 is 0 Å². The van der Waals surface area contributed by atoms with E-state index in [0.717, 1.165) is 25.7 Å². The standard InChI is InChI=1S/C23H45NO4/c1-5-6-7-8-9-10-11-12-13-14-15-16-20(25)17-18-21(23(27)28)22(26)19-24(2,3)4/h10-11,20-22,25-26H,5-9,12-19H2,1-4H3/p+1/b11-10-. The lowest BCUT2D eigenvalue weighted by Gasteiger charge is -2.29. The van der Waals surface area contributed by atoms with E-state index in [1.807, 2.05) is 21.1 Å². The number of carboxylic acid groups (broad SMARTS) is 1. The summed E-state index contributed by atoms with van der Waals surface area (Å²) in [6.07, 6.45) is 15.4. The van der Waals surface area contributed by atoms with Crippen LogP contribution in [0.5, 0.6) is 0 Å². The summed E-state index contributed by atoms with van der Waals surface area (Å²) in [5.74, 6) is -1.79. The van der Waals surface area contributed by atoms with E-state index >= 15 is 0 Å². The molecule has 3 atom stereocenters. The second kappa shape index (κ2) is 15.9. The average Bonchev–Trinajstić information content (AvgIpc) is 2.58. The molecule has 0 saturated carbocycles. The van der Waals surface area contributed by atoms with Crippen LogP contribution in [-0.4, -0.2) is 65.7 Å². The molecule has 0 amide bonds. The maximum Gasteiger partial charge on any atom is 0.309 e. The SMILES string of the molecule is CCCCCC/C=C\CCCCCC(O)CCC(C(=O)O)C(O)C[N+](C)(C)C. The van der Waals surface area contributed by atoms with Gasteiger partial charge in [-0.05, 0) is 44.9 Å². The fraction of sp³-hybridized carbons (Fsp3) is 0.870. The number of aliphatic hydroxyl groups excluding tert-OH is 2. The van der Waals surface area contributed by atoms with Gasteiger partial charge >= 0.3 is 5.97 Å². The maximum atomic E-state index is 11.4. The quantitative estimate of drug-likeness (QED) is 0.181. The molecule has 0 bridgehead atoms. The van der Waals surface area contributed by atoms with Gasteiger partial charge in [0.2, 0.25) is 0 Å². The van der Waals surface area contributed by atoms with Gasteiger partial charge in [-0.2, -0.15) is 0 Å². The minimum Gasteiger partial charge on any atom is -0.481 e. The van der Waals surface area contributed by atoms with Gasteiger partial charge in [-0.1, -0.05) is 51.2 Å². The molecule has 3 N–H and O–H groups in total. The van der Waals surface area contributed by atoms with Gasteiger partial charge in [-0.15, -0.1) is 0 Å². The van der Waals surface area contributed by atoms with E-state index in [1.54, 1.807) is 0 Å². The van der Waals surface area contributed by atoms with Crippen molar-refractivity contribution in [3.63, 3.8) is 0 Å². The van der Waals surface area contributed by atoms with Crippen molar-refractivity contribution < 1.29 is 24.6 Å². The van der Waals surface area contributed by atoms with Crippen LogP contribution in [-0.2, 0) is 4.79 Å². The summed E-state index contributed by atoms with van der Waals surface area (Å²) >= 11 is 0. The Hall–Kier alpha value is -0.910. The molecule has 0 saturated heterocycles. The molecular formula is C23H46NO4+. The summed E-state index contributed by atoms with van der Waals surface area (Å²) in [5, 5.41) is 29.7. The number of quaternary nitrogens is 1. The Labute approximate surface area is 173 Å². The van der Waals surface area contributed by atoms with Crippen molar-refractivity contribution >= 4 is 5.97 Å². The van der Waals surface area contributed by atoms with Crippen LogP contribution in [0.4, 0.5) is 0 Å². The van der Waals surface area contributed by atoms with Gasteiger partial charge in [0.05, 0.1) is 33.2 Å². The van der Waals surface area contributed by atoms with Crippen LogP contribution in [0.15, 0.2) is 12.2 Å². The number of hydrogen-bond acceptors (Lipinski definition) is 3. The van der Waals surface area contributed by atoms with E-state index in [1.165, 1.54) is 32.1 Å². The summed E-state index contributed by atoms with van der Waals surface area (Å²) in [7, 11) is 5.79. The van der Waals surface area contributed by atoms with Crippen LogP contribution in [0.25, 0.3) is 0 Å². The van der Waals surface area contributed by atoms with Crippen molar-refractivity contribution in [1.82, 2.24) is 0 Å². The first-order chi connectivity index (χ1) is 13.2. The van der Waals surface area contributed by atoms with Gasteiger partial charge in [-0.3, -0.25) is 4.79 Å².